The van der Waals surface area contributed by atoms with Gasteiger partial charge in [-0.15, -0.1) is 11.8 Å². The van der Waals surface area contributed by atoms with E-state index in [1.165, 1.54) is 0 Å². The summed E-state index contributed by atoms with van der Waals surface area (Å²) in [6, 6.07) is 3.55. The lowest BCUT2D eigenvalue weighted by Gasteiger charge is -2.12. The molecule has 1 rings (SSSR count). The van der Waals surface area contributed by atoms with E-state index in [1.807, 2.05) is 12.3 Å². The van der Waals surface area contributed by atoms with Gasteiger partial charge in [0.1, 0.15) is 11.5 Å². The summed E-state index contributed by atoms with van der Waals surface area (Å²) in [5.41, 5.74) is 0.538. The number of ether oxygens (including phenoxy) is 2. The molecule has 17 heavy (non-hydrogen) atoms. The summed E-state index contributed by atoms with van der Waals surface area (Å²) in [6.07, 6.45) is 1.95. The summed E-state index contributed by atoms with van der Waals surface area (Å²) < 4.78 is 10.5. The fourth-order valence-corrected chi connectivity index (χ4v) is 2.07. The minimum Gasteiger partial charge on any atom is -0.496 e. The van der Waals surface area contributed by atoms with Crippen molar-refractivity contribution < 1.29 is 14.3 Å². The fourth-order valence-electron chi connectivity index (χ4n) is 1.50. The van der Waals surface area contributed by atoms with Crippen LogP contribution in [0.25, 0.3) is 0 Å². The maximum Gasteiger partial charge on any atom is 0.180 e. The minimum atomic E-state index is -0.0182. The first-order valence-electron chi connectivity index (χ1n) is 5.15. The Morgan fingerprint density at radius 3 is 2.41 bits per heavy atom. The molecule has 0 unspecified atom stereocenters. The largest absolute Gasteiger partial charge is 0.496 e. The number of likely N-dealkylation sites (N-methyl/N-ethyl adjacent to an activating group) is 1. The first-order chi connectivity index (χ1) is 8.17. The highest BCUT2D eigenvalue weighted by molar-refractivity contribution is 7.98. The number of carbonyl (C=O) groups is 1. The number of hydrogen-bond acceptors (Lipinski definition) is 5. The quantitative estimate of drug-likeness (QED) is 0.620. The molecule has 0 aliphatic rings. The van der Waals surface area contributed by atoms with Crippen LogP contribution in [0.5, 0.6) is 11.5 Å². The zero-order valence-electron chi connectivity index (χ0n) is 10.5. The lowest BCUT2D eigenvalue weighted by molar-refractivity contribution is 0.0990. The van der Waals surface area contributed by atoms with Gasteiger partial charge in [0.05, 0.1) is 31.2 Å². The molecule has 0 bridgehead atoms. The van der Waals surface area contributed by atoms with Crippen molar-refractivity contribution in [3.05, 3.63) is 17.7 Å². The predicted molar refractivity (Wildman–Crippen MR) is 69.6 cm³/mol. The van der Waals surface area contributed by atoms with E-state index < -0.39 is 0 Å². The fraction of sp³-hybridized carbons (Fsp3) is 0.417. The van der Waals surface area contributed by atoms with Crippen LogP contribution >= 0.6 is 11.8 Å². The van der Waals surface area contributed by atoms with Gasteiger partial charge < -0.3 is 14.8 Å². The molecule has 5 heteroatoms. The van der Waals surface area contributed by atoms with Crippen LogP contribution in [0.1, 0.15) is 10.4 Å². The minimum absolute atomic E-state index is 0.0182. The number of nitrogens with one attached hydrogen (secondary N) is 1. The van der Waals surface area contributed by atoms with Gasteiger partial charge in [0.25, 0.3) is 0 Å². The molecule has 0 aliphatic heterocycles. The molecule has 1 N–H and O–H groups in total. The van der Waals surface area contributed by atoms with Gasteiger partial charge in [0, 0.05) is 0 Å². The lowest BCUT2D eigenvalue weighted by Crippen LogP contribution is -2.19. The third-order valence-electron chi connectivity index (χ3n) is 2.34. The van der Waals surface area contributed by atoms with Crippen LogP contribution in [0.3, 0.4) is 0 Å². The van der Waals surface area contributed by atoms with Crippen molar-refractivity contribution >= 4 is 17.5 Å². The number of carbonyl (C=O) groups excluding carboxylic acids is 1. The van der Waals surface area contributed by atoms with Gasteiger partial charge >= 0.3 is 0 Å². The highest BCUT2D eigenvalue weighted by Crippen LogP contribution is 2.34. The van der Waals surface area contributed by atoms with E-state index in [2.05, 4.69) is 5.32 Å². The zero-order chi connectivity index (χ0) is 12.8. The second-order valence-corrected chi connectivity index (χ2v) is 4.21. The summed E-state index contributed by atoms with van der Waals surface area (Å²) in [6.45, 7) is 0.276. The molecule has 1 aromatic carbocycles. The lowest BCUT2D eigenvalue weighted by atomic mass is 10.1. The van der Waals surface area contributed by atoms with E-state index in [1.54, 1.807) is 39.1 Å². The van der Waals surface area contributed by atoms with Gasteiger partial charge in [-0.2, -0.15) is 0 Å². The van der Waals surface area contributed by atoms with Crippen LogP contribution in [-0.4, -0.2) is 39.9 Å². The number of methoxy groups -OCH3 is 2. The third kappa shape index (κ3) is 3.14. The Morgan fingerprint density at radius 1 is 1.29 bits per heavy atom. The van der Waals surface area contributed by atoms with Crippen LogP contribution in [0.2, 0.25) is 0 Å². The maximum atomic E-state index is 11.9. The van der Waals surface area contributed by atoms with Crippen molar-refractivity contribution in [3.63, 3.8) is 0 Å². The first kappa shape index (κ1) is 13.9. The topological polar surface area (TPSA) is 47.6 Å². The molecule has 1 aromatic rings. The number of benzene rings is 1. The number of hydrogen-bond donors (Lipinski definition) is 1. The summed E-state index contributed by atoms with van der Waals surface area (Å²) >= 11 is 1.55. The summed E-state index contributed by atoms with van der Waals surface area (Å²) in [7, 11) is 4.88. The Bertz CT molecular complexity index is 407. The monoisotopic (exact) mass is 255 g/mol. The van der Waals surface area contributed by atoms with Gasteiger partial charge in [-0.1, -0.05) is 0 Å². The highest BCUT2D eigenvalue weighted by atomic mass is 32.2. The summed E-state index contributed by atoms with van der Waals surface area (Å²) in [5.74, 6) is 1.25. The standard InChI is InChI=1S/C12H17NO3S/c1-13-7-9(14)8-5-11(16-3)12(17-4)6-10(8)15-2/h5-6,13H,7H2,1-4H3. The van der Waals surface area contributed by atoms with Gasteiger partial charge in [-0.05, 0) is 25.4 Å². The number of Topliss-reactive ketones (excluding diaryl/α,β-unsaturated/α-hetero) is 1. The van der Waals surface area contributed by atoms with Gasteiger partial charge in [-0.3, -0.25) is 4.79 Å². The molecule has 0 saturated carbocycles. The van der Waals surface area contributed by atoms with E-state index in [9.17, 15) is 4.79 Å². The molecule has 0 heterocycles. The van der Waals surface area contributed by atoms with Crippen LogP contribution < -0.4 is 14.8 Å². The number of thioether (sulfide) groups is 1. The van der Waals surface area contributed by atoms with Crippen LogP contribution in [-0.2, 0) is 0 Å². The molecule has 0 atom stereocenters. The summed E-state index contributed by atoms with van der Waals surface area (Å²) in [5, 5.41) is 2.83. The Balaban J connectivity index is 3.23. The van der Waals surface area contributed by atoms with E-state index in [-0.39, 0.29) is 12.3 Å². The Hall–Kier alpha value is -1.20. The predicted octanol–water partition coefficient (Wildman–Crippen LogP) is 1.83. The molecule has 0 spiro atoms. The first-order valence-corrected chi connectivity index (χ1v) is 6.38. The van der Waals surface area contributed by atoms with Gasteiger partial charge in [-0.25, -0.2) is 0 Å². The molecule has 0 aromatic heterocycles. The second-order valence-electron chi connectivity index (χ2n) is 3.36. The van der Waals surface area contributed by atoms with E-state index in [4.69, 9.17) is 9.47 Å². The van der Waals surface area contributed by atoms with Crippen molar-refractivity contribution in [3.8, 4) is 11.5 Å². The normalized spacial score (nSPS) is 10.1. The Morgan fingerprint density at radius 2 is 1.94 bits per heavy atom. The van der Waals surface area contributed by atoms with Gasteiger partial charge in [0.2, 0.25) is 0 Å². The highest BCUT2D eigenvalue weighted by Gasteiger charge is 2.16. The average molecular weight is 255 g/mol. The molecule has 0 amide bonds. The molecular weight excluding hydrogens is 238 g/mol. The van der Waals surface area contributed by atoms with Crippen molar-refractivity contribution in [2.45, 2.75) is 4.90 Å². The van der Waals surface area contributed by atoms with Crippen LogP contribution in [0.15, 0.2) is 17.0 Å². The molecule has 0 fully saturated rings. The zero-order valence-corrected chi connectivity index (χ0v) is 11.3. The van der Waals surface area contributed by atoms with Crippen LogP contribution in [0, 0.1) is 0 Å². The summed E-state index contributed by atoms with van der Waals surface area (Å²) in [4.78, 5) is 12.8. The number of ketones is 1. The third-order valence-corrected chi connectivity index (χ3v) is 3.10. The van der Waals surface area contributed by atoms with Gasteiger partial charge in [0.15, 0.2) is 5.78 Å². The maximum absolute atomic E-state index is 11.9. The second kappa shape index (κ2) is 6.51. The van der Waals surface area contributed by atoms with Crippen molar-refractivity contribution in [2.24, 2.45) is 0 Å². The van der Waals surface area contributed by atoms with Crippen molar-refractivity contribution in [1.82, 2.24) is 5.32 Å². The Labute approximate surface area is 106 Å². The van der Waals surface area contributed by atoms with Crippen molar-refractivity contribution in [2.75, 3.05) is 34.1 Å². The van der Waals surface area contributed by atoms with E-state index >= 15 is 0 Å². The SMILES string of the molecule is CNCC(=O)c1cc(OC)c(SC)cc1OC. The smallest absolute Gasteiger partial charge is 0.180 e. The van der Waals surface area contributed by atoms with Crippen LogP contribution in [0.4, 0.5) is 0 Å². The van der Waals surface area contributed by atoms with E-state index in [0.717, 1.165) is 4.90 Å². The molecule has 0 aliphatic carbocycles. The number of rotatable bonds is 6. The molecule has 0 saturated heterocycles. The Kier molecular flexibility index (Phi) is 5.31. The molecule has 94 valence electrons. The van der Waals surface area contributed by atoms with Crippen molar-refractivity contribution in [1.29, 1.82) is 0 Å². The molecule has 0 radical (unpaired) electrons. The molecular formula is C12H17NO3S. The molecule has 4 nitrogen and oxygen atoms in total. The average Bonchev–Trinajstić information content (AvgIpc) is 2.37. The van der Waals surface area contributed by atoms with E-state index in [0.29, 0.717) is 17.1 Å².